The summed E-state index contributed by atoms with van der Waals surface area (Å²) in [5.41, 5.74) is 1.63. The molecular formula is C16H15N3O4. The van der Waals surface area contributed by atoms with Gasteiger partial charge in [-0.05, 0) is 35.5 Å². The Morgan fingerprint density at radius 1 is 1.13 bits per heavy atom. The molecule has 0 aliphatic rings. The molecule has 0 aliphatic heterocycles. The highest BCUT2D eigenvalue weighted by atomic mass is 16.7. The van der Waals surface area contributed by atoms with E-state index in [1.54, 1.807) is 18.2 Å². The van der Waals surface area contributed by atoms with Crippen LogP contribution in [0.15, 0.2) is 48.5 Å². The van der Waals surface area contributed by atoms with Crippen LogP contribution in [0.4, 0.5) is 0 Å². The predicted octanol–water partition coefficient (Wildman–Crippen LogP) is 1.73. The number of carbonyl (C=O) groups is 1. The summed E-state index contributed by atoms with van der Waals surface area (Å²) in [4.78, 5) is 18.4. The minimum Gasteiger partial charge on any atom is -0.490 e. The fourth-order valence-electron chi connectivity index (χ4n) is 2.04. The third-order valence-electron chi connectivity index (χ3n) is 3.15. The minimum absolute atomic E-state index is 0.288. The Morgan fingerprint density at radius 2 is 1.96 bits per heavy atom. The molecule has 0 spiro atoms. The van der Waals surface area contributed by atoms with Crippen LogP contribution in [0.5, 0.6) is 5.75 Å². The molecule has 3 aromatic rings. The number of fused-ring (bicyclic) bond motifs is 1. The van der Waals surface area contributed by atoms with E-state index in [2.05, 4.69) is 10.3 Å². The molecule has 0 unspecified atom stereocenters. The van der Waals surface area contributed by atoms with Gasteiger partial charge < -0.3 is 14.3 Å². The van der Waals surface area contributed by atoms with E-state index in [1.165, 1.54) is 12.0 Å². The van der Waals surface area contributed by atoms with E-state index in [0.717, 1.165) is 5.75 Å². The van der Waals surface area contributed by atoms with Gasteiger partial charge in [-0.15, -0.1) is 5.10 Å². The molecule has 3 rings (SSSR count). The molecule has 1 aromatic heterocycles. The predicted molar refractivity (Wildman–Crippen MR) is 82.3 cm³/mol. The average molecular weight is 313 g/mol. The van der Waals surface area contributed by atoms with Crippen molar-refractivity contribution in [1.29, 1.82) is 0 Å². The third kappa shape index (κ3) is 3.39. The van der Waals surface area contributed by atoms with Gasteiger partial charge in [-0.1, -0.05) is 23.0 Å². The Kier molecular flexibility index (Phi) is 4.37. The zero-order valence-electron chi connectivity index (χ0n) is 12.5. The van der Waals surface area contributed by atoms with E-state index in [1.807, 2.05) is 30.3 Å². The molecular weight excluding hydrogens is 298 g/mol. The van der Waals surface area contributed by atoms with Gasteiger partial charge >= 0.3 is 5.97 Å². The number of hydrogen-bond acceptors (Lipinski definition) is 6. The molecule has 7 heteroatoms. The molecule has 0 amide bonds. The van der Waals surface area contributed by atoms with Crippen molar-refractivity contribution >= 4 is 17.0 Å². The molecule has 23 heavy (non-hydrogen) atoms. The number of esters is 1. The summed E-state index contributed by atoms with van der Waals surface area (Å²) in [6.07, 6.45) is 0. The number of para-hydroxylation sites is 1. The fourth-order valence-corrected chi connectivity index (χ4v) is 2.04. The Balaban J connectivity index is 1.64. The summed E-state index contributed by atoms with van der Waals surface area (Å²) < 4.78 is 10.2. The van der Waals surface area contributed by atoms with E-state index in [4.69, 9.17) is 14.3 Å². The summed E-state index contributed by atoms with van der Waals surface area (Å²) in [5.74, 6) is 0.347. The molecule has 0 N–H and O–H groups in total. The lowest BCUT2D eigenvalue weighted by Gasteiger charge is -2.07. The topological polar surface area (TPSA) is 75.5 Å². The van der Waals surface area contributed by atoms with Crippen LogP contribution in [-0.2, 0) is 4.74 Å². The fraction of sp³-hybridized carbons (Fsp3) is 0.188. The van der Waals surface area contributed by atoms with Crippen molar-refractivity contribution in [2.45, 2.75) is 0 Å². The van der Waals surface area contributed by atoms with Crippen LogP contribution in [0.2, 0.25) is 0 Å². The van der Waals surface area contributed by atoms with Crippen molar-refractivity contribution in [3.8, 4) is 5.75 Å². The second-order valence-corrected chi connectivity index (χ2v) is 4.65. The van der Waals surface area contributed by atoms with Crippen LogP contribution < -0.4 is 9.57 Å². The first-order valence-electron chi connectivity index (χ1n) is 7.03. The number of nitrogens with zero attached hydrogens (tertiary/aromatic N) is 3. The van der Waals surface area contributed by atoms with Gasteiger partial charge in [0.25, 0.3) is 0 Å². The standard InChI is InChI=1S/C16H15N3O4/c1-21-16(20)12-7-8-14-15(11-12)19(18-17-14)23-10-9-22-13-5-3-2-4-6-13/h2-8,11H,9-10H2,1H3. The highest BCUT2D eigenvalue weighted by molar-refractivity contribution is 5.93. The van der Waals surface area contributed by atoms with Crippen molar-refractivity contribution in [1.82, 2.24) is 15.2 Å². The average Bonchev–Trinajstić information content (AvgIpc) is 3.01. The lowest BCUT2D eigenvalue weighted by molar-refractivity contribution is 0.0598. The summed E-state index contributed by atoms with van der Waals surface area (Å²) >= 11 is 0. The van der Waals surface area contributed by atoms with Gasteiger partial charge in [-0.25, -0.2) is 4.79 Å². The van der Waals surface area contributed by atoms with Crippen LogP contribution in [-0.4, -0.2) is 41.5 Å². The number of aromatic nitrogens is 3. The maximum atomic E-state index is 11.6. The van der Waals surface area contributed by atoms with E-state index >= 15 is 0 Å². The molecule has 118 valence electrons. The maximum Gasteiger partial charge on any atom is 0.337 e. The van der Waals surface area contributed by atoms with Gasteiger partial charge in [0, 0.05) is 0 Å². The van der Waals surface area contributed by atoms with Gasteiger partial charge in [-0.2, -0.15) is 0 Å². The van der Waals surface area contributed by atoms with Crippen LogP contribution in [0, 0.1) is 0 Å². The normalized spacial score (nSPS) is 10.5. The number of benzene rings is 2. The molecule has 0 radical (unpaired) electrons. The monoisotopic (exact) mass is 313 g/mol. The molecule has 0 aliphatic carbocycles. The molecule has 0 saturated carbocycles. The van der Waals surface area contributed by atoms with Crippen LogP contribution >= 0.6 is 0 Å². The Bertz CT molecular complexity index is 801. The van der Waals surface area contributed by atoms with Crippen molar-refractivity contribution in [2.24, 2.45) is 0 Å². The van der Waals surface area contributed by atoms with Crippen LogP contribution in [0.1, 0.15) is 10.4 Å². The molecule has 7 nitrogen and oxygen atoms in total. The van der Waals surface area contributed by atoms with Crippen molar-refractivity contribution < 1.29 is 19.1 Å². The van der Waals surface area contributed by atoms with Gasteiger partial charge in [0.15, 0.2) is 6.61 Å². The second-order valence-electron chi connectivity index (χ2n) is 4.65. The highest BCUT2D eigenvalue weighted by Gasteiger charge is 2.11. The van der Waals surface area contributed by atoms with Gasteiger partial charge in [0.2, 0.25) is 0 Å². The lowest BCUT2D eigenvalue weighted by Crippen LogP contribution is -2.19. The largest absolute Gasteiger partial charge is 0.490 e. The first-order chi connectivity index (χ1) is 11.3. The third-order valence-corrected chi connectivity index (χ3v) is 3.15. The first kappa shape index (κ1) is 14.8. The smallest absolute Gasteiger partial charge is 0.337 e. The zero-order valence-corrected chi connectivity index (χ0v) is 12.5. The van der Waals surface area contributed by atoms with E-state index in [-0.39, 0.29) is 6.61 Å². The second kappa shape index (κ2) is 6.78. The summed E-state index contributed by atoms with van der Waals surface area (Å²) in [5, 5.41) is 7.88. The number of ether oxygens (including phenoxy) is 2. The van der Waals surface area contributed by atoms with Crippen molar-refractivity contribution in [3.63, 3.8) is 0 Å². The quantitative estimate of drug-likeness (QED) is 0.509. The summed E-state index contributed by atoms with van der Waals surface area (Å²) in [6, 6.07) is 14.4. The van der Waals surface area contributed by atoms with E-state index in [0.29, 0.717) is 23.2 Å². The Morgan fingerprint density at radius 3 is 2.74 bits per heavy atom. The van der Waals surface area contributed by atoms with Crippen molar-refractivity contribution in [2.75, 3.05) is 20.3 Å². The molecule has 0 saturated heterocycles. The lowest BCUT2D eigenvalue weighted by atomic mass is 10.2. The minimum atomic E-state index is -0.424. The number of rotatable bonds is 6. The van der Waals surface area contributed by atoms with Gasteiger partial charge in [-0.3, -0.25) is 0 Å². The SMILES string of the molecule is COC(=O)c1ccc2nnn(OCCOc3ccccc3)c2c1. The van der Waals surface area contributed by atoms with E-state index in [9.17, 15) is 4.79 Å². The number of hydrogen-bond donors (Lipinski definition) is 0. The Hall–Kier alpha value is -3.09. The van der Waals surface area contributed by atoms with Gasteiger partial charge in [0.05, 0.1) is 12.7 Å². The Labute approximate surface area is 132 Å². The molecule has 0 atom stereocenters. The maximum absolute atomic E-state index is 11.6. The van der Waals surface area contributed by atoms with E-state index < -0.39 is 5.97 Å². The first-order valence-corrected chi connectivity index (χ1v) is 7.03. The van der Waals surface area contributed by atoms with Crippen molar-refractivity contribution in [3.05, 3.63) is 54.1 Å². The molecule has 2 aromatic carbocycles. The number of carbonyl (C=O) groups excluding carboxylic acids is 1. The highest BCUT2D eigenvalue weighted by Crippen LogP contribution is 2.13. The summed E-state index contributed by atoms with van der Waals surface area (Å²) in [7, 11) is 1.33. The summed E-state index contributed by atoms with van der Waals surface area (Å²) in [6.45, 7) is 0.651. The molecule has 1 heterocycles. The zero-order chi connectivity index (χ0) is 16.1. The molecule has 0 bridgehead atoms. The van der Waals surface area contributed by atoms with Crippen LogP contribution in [0.25, 0.3) is 11.0 Å². The van der Waals surface area contributed by atoms with Gasteiger partial charge in [0.1, 0.15) is 23.4 Å². The number of methoxy groups -OCH3 is 1. The molecule has 0 fully saturated rings. The van der Waals surface area contributed by atoms with Crippen LogP contribution in [0.3, 0.4) is 0 Å².